The van der Waals surface area contributed by atoms with Gasteiger partial charge in [-0.15, -0.1) is 0 Å². The smallest absolute Gasteiger partial charge is 0.273 e. The van der Waals surface area contributed by atoms with Crippen LogP contribution < -0.4 is 5.73 Å². The van der Waals surface area contributed by atoms with Gasteiger partial charge in [-0.05, 0) is 12.1 Å². The second kappa shape index (κ2) is 5.96. The molecule has 0 aromatic heterocycles. The standard InChI is InChI=1S/C13H10F2N2O3S/c14-10-5-9(16)6-11(15)13(10)21(20)7-8-3-1-2-4-12(8)17(18)19/h1-6H,7,16H2. The van der Waals surface area contributed by atoms with Crippen molar-refractivity contribution in [3.05, 3.63) is 63.7 Å². The van der Waals surface area contributed by atoms with Crippen LogP contribution >= 0.6 is 0 Å². The average Bonchev–Trinajstić information content (AvgIpc) is 2.37. The van der Waals surface area contributed by atoms with Gasteiger partial charge in [-0.1, -0.05) is 18.2 Å². The zero-order chi connectivity index (χ0) is 15.6. The first-order chi connectivity index (χ1) is 9.90. The summed E-state index contributed by atoms with van der Waals surface area (Å²) in [6.45, 7) is 0. The number of nitrogens with zero attached hydrogens (tertiary/aromatic N) is 1. The number of nitro groups is 1. The van der Waals surface area contributed by atoms with E-state index in [0.717, 1.165) is 12.1 Å². The fraction of sp³-hybridized carbons (Fsp3) is 0.0769. The molecule has 0 aliphatic carbocycles. The van der Waals surface area contributed by atoms with E-state index in [4.69, 9.17) is 5.73 Å². The van der Waals surface area contributed by atoms with Gasteiger partial charge in [-0.3, -0.25) is 14.3 Å². The van der Waals surface area contributed by atoms with Crippen molar-refractivity contribution in [3.8, 4) is 0 Å². The van der Waals surface area contributed by atoms with Crippen molar-refractivity contribution in [2.75, 3.05) is 5.73 Å². The third kappa shape index (κ3) is 3.22. The lowest BCUT2D eigenvalue weighted by atomic mass is 10.2. The van der Waals surface area contributed by atoms with E-state index < -0.39 is 32.3 Å². The van der Waals surface area contributed by atoms with E-state index in [1.165, 1.54) is 24.3 Å². The number of hydrogen-bond acceptors (Lipinski definition) is 4. The number of nitrogens with two attached hydrogens (primary N) is 1. The summed E-state index contributed by atoms with van der Waals surface area (Å²) in [7, 11) is -2.10. The lowest BCUT2D eigenvalue weighted by Gasteiger charge is -2.07. The summed E-state index contributed by atoms with van der Waals surface area (Å²) < 4.78 is 39.5. The van der Waals surface area contributed by atoms with Crippen LogP contribution in [0.5, 0.6) is 0 Å². The predicted molar refractivity (Wildman–Crippen MR) is 74.0 cm³/mol. The molecule has 0 saturated heterocycles. The summed E-state index contributed by atoms with van der Waals surface area (Å²) in [5, 5.41) is 10.9. The Morgan fingerprint density at radius 1 is 1.19 bits per heavy atom. The topological polar surface area (TPSA) is 86.2 Å². The van der Waals surface area contributed by atoms with Gasteiger partial charge in [-0.2, -0.15) is 0 Å². The molecule has 0 aliphatic rings. The summed E-state index contributed by atoms with van der Waals surface area (Å²) in [5.74, 6) is -2.44. The molecular formula is C13H10F2N2O3S. The van der Waals surface area contributed by atoms with Gasteiger partial charge in [0.2, 0.25) is 0 Å². The summed E-state index contributed by atoms with van der Waals surface area (Å²) >= 11 is 0. The zero-order valence-electron chi connectivity index (χ0n) is 10.6. The normalized spacial score (nSPS) is 12.1. The molecule has 5 nitrogen and oxygen atoms in total. The first kappa shape index (κ1) is 15.0. The van der Waals surface area contributed by atoms with Crippen LogP contribution in [0.25, 0.3) is 0 Å². The molecule has 2 aromatic carbocycles. The van der Waals surface area contributed by atoms with Gasteiger partial charge >= 0.3 is 0 Å². The summed E-state index contributed by atoms with van der Waals surface area (Å²) in [4.78, 5) is 9.59. The van der Waals surface area contributed by atoms with Gasteiger partial charge in [0.05, 0.1) is 21.5 Å². The predicted octanol–water partition coefficient (Wildman–Crippen LogP) is 2.76. The SMILES string of the molecule is Nc1cc(F)c(S(=O)Cc2ccccc2[N+](=O)[O-])c(F)c1. The van der Waals surface area contributed by atoms with Crippen molar-refractivity contribution in [2.24, 2.45) is 0 Å². The molecule has 2 rings (SSSR count). The largest absolute Gasteiger partial charge is 0.399 e. The Morgan fingerprint density at radius 3 is 2.33 bits per heavy atom. The van der Waals surface area contributed by atoms with E-state index in [1.807, 2.05) is 0 Å². The third-order valence-electron chi connectivity index (χ3n) is 2.72. The lowest BCUT2D eigenvalue weighted by Crippen LogP contribution is -2.05. The van der Waals surface area contributed by atoms with E-state index in [-0.39, 0.29) is 22.7 Å². The molecule has 0 radical (unpaired) electrons. The van der Waals surface area contributed by atoms with Gasteiger partial charge < -0.3 is 5.73 Å². The van der Waals surface area contributed by atoms with Crippen molar-refractivity contribution in [1.29, 1.82) is 0 Å². The van der Waals surface area contributed by atoms with Crippen molar-refractivity contribution in [3.63, 3.8) is 0 Å². The van der Waals surface area contributed by atoms with Gasteiger partial charge in [0.1, 0.15) is 16.5 Å². The lowest BCUT2D eigenvalue weighted by molar-refractivity contribution is -0.385. The van der Waals surface area contributed by atoms with Crippen molar-refractivity contribution >= 4 is 22.2 Å². The average molecular weight is 312 g/mol. The minimum absolute atomic E-state index is 0.128. The fourth-order valence-electron chi connectivity index (χ4n) is 1.82. The minimum Gasteiger partial charge on any atom is -0.399 e. The number of para-hydroxylation sites is 1. The number of halogens is 2. The number of hydrogen-bond donors (Lipinski definition) is 1. The van der Waals surface area contributed by atoms with E-state index >= 15 is 0 Å². The Hall–Kier alpha value is -2.35. The maximum Gasteiger partial charge on any atom is 0.273 e. The number of benzene rings is 2. The maximum absolute atomic E-state index is 13.7. The van der Waals surface area contributed by atoms with Crippen LogP contribution in [-0.4, -0.2) is 9.13 Å². The Bertz CT molecular complexity index is 714. The van der Waals surface area contributed by atoms with Gasteiger partial charge in [-0.25, -0.2) is 8.78 Å². The van der Waals surface area contributed by atoms with E-state index in [0.29, 0.717) is 0 Å². The first-order valence-corrected chi connectivity index (χ1v) is 7.07. The van der Waals surface area contributed by atoms with Crippen molar-refractivity contribution < 1.29 is 17.9 Å². The van der Waals surface area contributed by atoms with Crippen LogP contribution in [0, 0.1) is 21.7 Å². The summed E-state index contributed by atoms with van der Waals surface area (Å²) in [6, 6.07) is 7.32. The molecule has 1 unspecified atom stereocenters. The van der Waals surface area contributed by atoms with Crippen LogP contribution in [0.15, 0.2) is 41.3 Å². The molecule has 0 fully saturated rings. The highest BCUT2D eigenvalue weighted by Gasteiger charge is 2.21. The third-order valence-corrected chi connectivity index (χ3v) is 4.14. The summed E-state index contributed by atoms with van der Waals surface area (Å²) in [5.41, 5.74) is 5.04. The highest BCUT2D eigenvalue weighted by atomic mass is 32.2. The van der Waals surface area contributed by atoms with Crippen molar-refractivity contribution in [2.45, 2.75) is 10.6 Å². The maximum atomic E-state index is 13.7. The van der Waals surface area contributed by atoms with Gasteiger partial charge in [0.25, 0.3) is 5.69 Å². The van der Waals surface area contributed by atoms with Crippen LogP contribution in [-0.2, 0) is 16.6 Å². The number of nitrogen functional groups attached to an aromatic ring is 1. The molecule has 0 heterocycles. The molecular weight excluding hydrogens is 302 g/mol. The molecule has 2 N–H and O–H groups in total. The number of nitro benzene ring substituents is 1. The first-order valence-electron chi connectivity index (χ1n) is 5.75. The Labute approximate surface area is 121 Å². The Balaban J connectivity index is 2.38. The highest BCUT2D eigenvalue weighted by molar-refractivity contribution is 7.84. The molecule has 0 saturated carbocycles. The quantitative estimate of drug-likeness (QED) is 0.534. The number of rotatable bonds is 4. The molecule has 110 valence electrons. The molecule has 8 heteroatoms. The Kier molecular flexibility index (Phi) is 4.27. The fourth-order valence-corrected chi connectivity index (χ4v) is 3.05. The minimum atomic E-state index is -2.10. The van der Waals surface area contributed by atoms with Crippen LogP contribution in [0.4, 0.5) is 20.2 Å². The molecule has 0 spiro atoms. The van der Waals surface area contributed by atoms with Gasteiger partial charge in [0.15, 0.2) is 0 Å². The van der Waals surface area contributed by atoms with Crippen molar-refractivity contribution in [1.82, 2.24) is 0 Å². The van der Waals surface area contributed by atoms with E-state index in [1.54, 1.807) is 0 Å². The summed E-state index contributed by atoms with van der Waals surface area (Å²) in [6.07, 6.45) is 0. The molecule has 21 heavy (non-hydrogen) atoms. The Morgan fingerprint density at radius 2 is 1.76 bits per heavy atom. The molecule has 1 atom stereocenters. The second-order valence-electron chi connectivity index (χ2n) is 4.19. The zero-order valence-corrected chi connectivity index (χ0v) is 11.4. The van der Waals surface area contributed by atoms with Crippen LogP contribution in [0.1, 0.15) is 5.56 Å². The molecule has 0 bridgehead atoms. The molecule has 2 aromatic rings. The molecule has 0 amide bonds. The van der Waals surface area contributed by atoms with Crippen LogP contribution in [0.3, 0.4) is 0 Å². The van der Waals surface area contributed by atoms with E-state index in [2.05, 4.69) is 0 Å². The van der Waals surface area contributed by atoms with Gasteiger partial charge in [0, 0.05) is 17.3 Å². The number of anilines is 1. The monoisotopic (exact) mass is 312 g/mol. The molecule has 0 aliphatic heterocycles. The highest BCUT2D eigenvalue weighted by Crippen LogP contribution is 2.25. The van der Waals surface area contributed by atoms with Crippen LogP contribution in [0.2, 0.25) is 0 Å². The van der Waals surface area contributed by atoms with E-state index in [9.17, 15) is 23.1 Å². The second-order valence-corrected chi connectivity index (χ2v) is 5.58.